The fraction of sp³-hybridized carbons (Fsp3) is 0.682. The molecule has 0 unspecified atom stereocenters. The lowest BCUT2D eigenvalue weighted by Gasteiger charge is -2.04. The fourth-order valence-electron chi connectivity index (χ4n) is 2.72. The highest BCUT2D eigenvalue weighted by molar-refractivity contribution is 5.70. The van der Waals surface area contributed by atoms with E-state index in [1.165, 1.54) is 51.4 Å². The second-order valence-electron chi connectivity index (χ2n) is 6.64. The maximum atomic E-state index is 11.6. The molecule has 0 N–H and O–H groups in total. The van der Waals surface area contributed by atoms with Crippen LogP contribution in [-0.4, -0.2) is 19.2 Å². The van der Waals surface area contributed by atoms with Crippen LogP contribution in [0.3, 0.4) is 0 Å². The SMILES string of the molecule is CCCCCC=CCC=CCCCCCCCC(=O)OC1=CCOC1. The van der Waals surface area contributed by atoms with E-state index in [-0.39, 0.29) is 5.97 Å². The van der Waals surface area contributed by atoms with Gasteiger partial charge in [-0.1, -0.05) is 63.3 Å². The predicted molar refractivity (Wildman–Crippen MR) is 104 cm³/mol. The lowest BCUT2D eigenvalue weighted by atomic mass is 10.1. The Morgan fingerprint density at radius 1 is 1.00 bits per heavy atom. The van der Waals surface area contributed by atoms with Crippen molar-refractivity contribution in [3.63, 3.8) is 0 Å². The number of hydrogen-bond donors (Lipinski definition) is 0. The van der Waals surface area contributed by atoms with Crippen LogP contribution in [0.4, 0.5) is 0 Å². The number of esters is 1. The number of hydrogen-bond acceptors (Lipinski definition) is 3. The molecule has 0 radical (unpaired) electrons. The van der Waals surface area contributed by atoms with Crippen molar-refractivity contribution in [2.24, 2.45) is 0 Å². The first-order chi connectivity index (χ1) is 12.3. The second-order valence-corrected chi connectivity index (χ2v) is 6.64. The maximum Gasteiger partial charge on any atom is 0.310 e. The molecule has 0 aromatic rings. The van der Waals surface area contributed by atoms with E-state index >= 15 is 0 Å². The van der Waals surface area contributed by atoms with Crippen molar-refractivity contribution in [1.29, 1.82) is 0 Å². The molecule has 3 heteroatoms. The Morgan fingerprint density at radius 3 is 2.36 bits per heavy atom. The van der Waals surface area contributed by atoms with Gasteiger partial charge in [-0.2, -0.15) is 0 Å². The summed E-state index contributed by atoms with van der Waals surface area (Å²) in [6, 6.07) is 0. The van der Waals surface area contributed by atoms with Crippen LogP contribution in [0.2, 0.25) is 0 Å². The Hall–Kier alpha value is -1.35. The quantitative estimate of drug-likeness (QED) is 0.199. The summed E-state index contributed by atoms with van der Waals surface area (Å²) in [5, 5.41) is 0. The van der Waals surface area contributed by atoms with Gasteiger partial charge in [0.2, 0.25) is 0 Å². The maximum absolute atomic E-state index is 11.6. The van der Waals surface area contributed by atoms with Crippen LogP contribution in [0.1, 0.15) is 84.0 Å². The van der Waals surface area contributed by atoms with E-state index in [9.17, 15) is 4.79 Å². The highest BCUT2D eigenvalue weighted by Gasteiger charge is 2.10. The molecule has 0 spiro atoms. The lowest BCUT2D eigenvalue weighted by Crippen LogP contribution is -2.05. The predicted octanol–water partition coefficient (Wildman–Crippen LogP) is 6.26. The monoisotopic (exact) mass is 348 g/mol. The third-order valence-electron chi connectivity index (χ3n) is 4.25. The van der Waals surface area contributed by atoms with Gasteiger partial charge < -0.3 is 9.47 Å². The van der Waals surface area contributed by atoms with E-state index in [1.54, 1.807) is 0 Å². The third kappa shape index (κ3) is 13.6. The van der Waals surface area contributed by atoms with Crippen LogP contribution in [0, 0.1) is 0 Å². The van der Waals surface area contributed by atoms with Gasteiger partial charge in [0.15, 0.2) is 0 Å². The Balaban J connectivity index is 1.82. The van der Waals surface area contributed by atoms with Crippen molar-refractivity contribution in [3.8, 4) is 0 Å². The molecular weight excluding hydrogens is 312 g/mol. The number of ether oxygens (including phenoxy) is 2. The molecule has 0 atom stereocenters. The van der Waals surface area contributed by atoms with Crippen LogP contribution in [0.15, 0.2) is 36.1 Å². The smallest absolute Gasteiger partial charge is 0.310 e. The van der Waals surface area contributed by atoms with Crippen LogP contribution >= 0.6 is 0 Å². The number of carbonyl (C=O) groups is 1. The summed E-state index contributed by atoms with van der Waals surface area (Å²) in [6.45, 7) is 3.24. The van der Waals surface area contributed by atoms with E-state index in [4.69, 9.17) is 9.47 Å². The molecule has 142 valence electrons. The summed E-state index contributed by atoms with van der Waals surface area (Å²) >= 11 is 0. The minimum Gasteiger partial charge on any atom is -0.429 e. The van der Waals surface area contributed by atoms with E-state index in [1.807, 2.05) is 6.08 Å². The molecule has 0 saturated carbocycles. The van der Waals surface area contributed by atoms with Gasteiger partial charge in [0, 0.05) is 6.42 Å². The molecule has 0 amide bonds. The van der Waals surface area contributed by atoms with E-state index in [0.717, 1.165) is 19.3 Å². The molecule has 25 heavy (non-hydrogen) atoms. The Kier molecular flexibility index (Phi) is 14.0. The molecule has 0 aliphatic carbocycles. The standard InChI is InChI=1S/C22H36O3/c1-2-3-4-5-6-7-8-9-10-11-12-13-14-15-16-17-22(23)25-21-18-19-24-20-21/h6-7,9-10,18H,2-5,8,11-17,19-20H2,1H3. The molecule has 3 nitrogen and oxygen atoms in total. The number of carbonyl (C=O) groups excluding carboxylic acids is 1. The summed E-state index contributed by atoms with van der Waals surface area (Å²) in [4.78, 5) is 11.6. The molecule has 0 aromatic carbocycles. The molecule has 0 aromatic heterocycles. The summed E-state index contributed by atoms with van der Waals surface area (Å²) in [7, 11) is 0. The van der Waals surface area contributed by atoms with E-state index < -0.39 is 0 Å². The first-order valence-electron chi connectivity index (χ1n) is 10.1. The zero-order valence-electron chi connectivity index (χ0n) is 16.0. The molecule has 1 aliphatic heterocycles. The fourth-order valence-corrected chi connectivity index (χ4v) is 2.72. The second kappa shape index (κ2) is 16.1. The normalized spacial score (nSPS) is 14.5. The average Bonchev–Trinajstić information content (AvgIpc) is 3.11. The van der Waals surface area contributed by atoms with E-state index in [0.29, 0.717) is 25.4 Å². The van der Waals surface area contributed by atoms with Crippen molar-refractivity contribution in [2.75, 3.05) is 13.2 Å². The van der Waals surface area contributed by atoms with Crippen molar-refractivity contribution >= 4 is 5.97 Å². The number of unbranched alkanes of at least 4 members (excludes halogenated alkanes) is 8. The Labute approximate surface area is 154 Å². The van der Waals surface area contributed by atoms with Crippen molar-refractivity contribution in [3.05, 3.63) is 36.1 Å². The van der Waals surface area contributed by atoms with Gasteiger partial charge in [-0.3, -0.25) is 4.79 Å². The highest BCUT2D eigenvalue weighted by atomic mass is 16.6. The van der Waals surface area contributed by atoms with Crippen LogP contribution < -0.4 is 0 Å². The topological polar surface area (TPSA) is 35.5 Å². The molecule has 1 aliphatic rings. The van der Waals surface area contributed by atoms with Gasteiger partial charge in [-0.15, -0.1) is 0 Å². The molecular formula is C22H36O3. The molecule has 1 heterocycles. The lowest BCUT2D eigenvalue weighted by molar-refractivity contribution is -0.140. The first-order valence-corrected chi connectivity index (χ1v) is 10.1. The molecule has 0 saturated heterocycles. The van der Waals surface area contributed by atoms with Gasteiger partial charge in [0.1, 0.15) is 12.4 Å². The van der Waals surface area contributed by atoms with Gasteiger partial charge in [-0.05, 0) is 44.6 Å². The van der Waals surface area contributed by atoms with Gasteiger partial charge in [-0.25, -0.2) is 0 Å². The average molecular weight is 349 g/mol. The zero-order chi connectivity index (χ0) is 18.0. The van der Waals surface area contributed by atoms with Crippen molar-refractivity contribution in [1.82, 2.24) is 0 Å². The minimum absolute atomic E-state index is 0.123. The Morgan fingerprint density at radius 2 is 1.68 bits per heavy atom. The molecule has 0 fully saturated rings. The number of rotatable bonds is 15. The van der Waals surface area contributed by atoms with Crippen LogP contribution in [0.25, 0.3) is 0 Å². The van der Waals surface area contributed by atoms with Gasteiger partial charge >= 0.3 is 5.97 Å². The van der Waals surface area contributed by atoms with E-state index in [2.05, 4.69) is 31.2 Å². The highest BCUT2D eigenvalue weighted by Crippen LogP contribution is 2.11. The van der Waals surface area contributed by atoms with Crippen LogP contribution in [-0.2, 0) is 14.3 Å². The molecule has 1 rings (SSSR count). The third-order valence-corrected chi connectivity index (χ3v) is 4.25. The minimum atomic E-state index is -0.123. The summed E-state index contributed by atoms with van der Waals surface area (Å²) in [6.07, 6.45) is 24.6. The van der Waals surface area contributed by atoms with Gasteiger partial charge in [0.05, 0.1) is 6.61 Å². The van der Waals surface area contributed by atoms with Gasteiger partial charge in [0.25, 0.3) is 0 Å². The largest absolute Gasteiger partial charge is 0.429 e. The Bertz CT molecular complexity index is 421. The summed E-state index contributed by atoms with van der Waals surface area (Å²) < 4.78 is 10.3. The summed E-state index contributed by atoms with van der Waals surface area (Å²) in [5.74, 6) is 0.551. The number of allylic oxidation sites excluding steroid dienone is 4. The van der Waals surface area contributed by atoms with Crippen molar-refractivity contribution < 1.29 is 14.3 Å². The van der Waals surface area contributed by atoms with Crippen LogP contribution in [0.5, 0.6) is 0 Å². The summed E-state index contributed by atoms with van der Waals surface area (Å²) in [5.41, 5.74) is 0. The first kappa shape index (κ1) is 21.7. The molecule has 0 bridgehead atoms. The van der Waals surface area contributed by atoms with Crippen molar-refractivity contribution in [2.45, 2.75) is 84.0 Å². The zero-order valence-corrected chi connectivity index (χ0v) is 16.0.